The van der Waals surface area contributed by atoms with Crippen molar-refractivity contribution in [1.29, 1.82) is 5.26 Å². The van der Waals surface area contributed by atoms with Crippen molar-refractivity contribution in [2.45, 2.75) is 73.0 Å². The molecular formula is C17H33N3O2. The molecule has 0 heterocycles. The number of amides is 1. The fourth-order valence-corrected chi connectivity index (χ4v) is 1.99. The molecule has 1 amide bonds. The van der Waals surface area contributed by atoms with Crippen molar-refractivity contribution in [1.82, 2.24) is 10.2 Å². The Morgan fingerprint density at radius 1 is 1.27 bits per heavy atom. The van der Waals surface area contributed by atoms with Gasteiger partial charge in [0.2, 0.25) is 0 Å². The average Bonchev–Trinajstić information content (AvgIpc) is 2.33. The van der Waals surface area contributed by atoms with Crippen molar-refractivity contribution >= 4 is 6.09 Å². The SMILES string of the molecule is CC(C)N(CCNCC(C)(C)CCC#N)C(=O)OC(C)(C)C. The number of carbonyl (C=O) groups excluding carboxylic acids is 1. The molecule has 5 nitrogen and oxygen atoms in total. The van der Waals surface area contributed by atoms with E-state index in [1.54, 1.807) is 4.90 Å². The van der Waals surface area contributed by atoms with Crippen LogP contribution in [0.2, 0.25) is 0 Å². The number of ether oxygens (including phenoxy) is 1. The van der Waals surface area contributed by atoms with Gasteiger partial charge in [-0.15, -0.1) is 0 Å². The monoisotopic (exact) mass is 311 g/mol. The summed E-state index contributed by atoms with van der Waals surface area (Å²) in [4.78, 5) is 13.9. The first kappa shape index (κ1) is 20.7. The predicted molar refractivity (Wildman–Crippen MR) is 89.6 cm³/mol. The van der Waals surface area contributed by atoms with Crippen molar-refractivity contribution in [3.8, 4) is 6.07 Å². The molecule has 0 saturated heterocycles. The summed E-state index contributed by atoms with van der Waals surface area (Å²) in [6.45, 7) is 16.0. The highest BCUT2D eigenvalue weighted by Crippen LogP contribution is 2.20. The van der Waals surface area contributed by atoms with Gasteiger partial charge in [-0.25, -0.2) is 4.79 Å². The van der Waals surface area contributed by atoms with Crippen molar-refractivity contribution in [3.05, 3.63) is 0 Å². The molecule has 0 saturated carbocycles. The van der Waals surface area contributed by atoms with Crippen molar-refractivity contribution in [2.75, 3.05) is 19.6 Å². The summed E-state index contributed by atoms with van der Waals surface area (Å²) in [5.74, 6) is 0. The molecule has 0 aromatic heterocycles. The molecule has 1 N–H and O–H groups in total. The third kappa shape index (κ3) is 9.62. The van der Waals surface area contributed by atoms with Crippen LogP contribution >= 0.6 is 0 Å². The van der Waals surface area contributed by atoms with Gasteiger partial charge in [0.05, 0.1) is 6.07 Å². The third-order valence-corrected chi connectivity index (χ3v) is 3.30. The van der Waals surface area contributed by atoms with E-state index < -0.39 is 5.60 Å². The Morgan fingerprint density at radius 2 is 1.86 bits per heavy atom. The van der Waals surface area contributed by atoms with Crippen molar-refractivity contribution < 1.29 is 9.53 Å². The molecule has 0 fully saturated rings. The Labute approximate surface area is 136 Å². The number of carbonyl (C=O) groups is 1. The Kier molecular flexibility index (Phi) is 8.47. The zero-order chi connectivity index (χ0) is 17.4. The molecule has 0 atom stereocenters. The number of hydrogen-bond donors (Lipinski definition) is 1. The van der Waals surface area contributed by atoms with Crippen molar-refractivity contribution in [3.63, 3.8) is 0 Å². The number of nitrogens with zero attached hydrogens (tertiary/aromatic N) is 2. The Morgan fingerprint density at radius 3 is 2.32 bits per heavy atom. The van der Waals surface area contributed by atoms with E-state index in [0.717, 1.165) is 13.0 Å². The Bertz CT molecular complexity index is 378. The van der Waals surface area contributed by atoms with E-state index in [-0.39, 0.29) is 17.6 Å². The van der Waals surface area contributed by atoms with Gasteiger partial charge in [0.15, 0.2) is 0 Å². The van der Waals surface area contributed by atoms with Gasteiger partial charge < -0.3 is 15.0 Å². The van der Waals surface area contributed by atoms with Gasteiger partial charge >= 0.3 is 6.09 Å². The second-order valence-corrected chi connectivity index (χ2v) is 7.77. The fourth-order valence-electron chi connectivity index (χ4n) is 1.99. The zero-order valence-electron chi connectivity index (χ0n) is 15.3. The molecule has 0 aromatic carbocycles. The summed E-state index contributed by atoms with van der Waals surface area (Å²) < 4.78 is 5.44. The minimum absolute atomic E-state index is 0.0876. The lowest BCUT2D eigenvalue weighted by Gasteiger charge is -2.31. The van der Waals surface area contributed by atoms with E-state index >= 15 is 0 Å². The molecule has 0 unspecified atom stereocenters. The molecule has 0 rings (SSSR count). The molecule has 0 aliphatic carbocycles. The summed E-state index contributed by atoms with van der Waals surface area (Å²) in [5.41, 5.74) is -0.388. The molecule has 128 valence electrons. The van der Waals surface area contributed by atoms with Crippen LogP contribution in [0.4, 0.5) is 4.79 Å². The maximum atomic E-state index is 12.2. The third-order valence-electron chi connectivity index (χ3n) is 3.30. The lowest BCUT2D eigenvalue weighted by Crippen LogP contribution is -2.45. The molecule has 0 bridgehead atoms. The summed E-state index contributed by atoms with van der Waals surface area (Å²) in [6.07, 6.45) is 1.18. The summed E-state index contributed by atoms with van der Waals surface area (Å²) in [5, 5.41) is 12.0. The molecule has 22 heavy (non-hydrogen) atoms. The van der Waals surface area contributed by atoms with Crippen LogP contribution in [0.1, 0.15) is 61.3 Å². The van der Waals surface area contributed by atoms with Gasteiger partial charge in [-0.2, -0.15) is 5.26 Å². The first-order valence-electron chi connectivity index (χ1n) is 8.06. The fraction of sp³-hybridized carbons (Fsp3) is 0.882. The largest absolute Gasteiger partial charge is 0.444 e. The standard InChI is InChI=1S/C17H33N3O2/c1-14(2)20(15(21)22-16(3,4)5)12-11-19-13-17(6,7)9-8-10-18/h14,19H,8-9,11-13H2,1-7H3. The smallest absolute Gasteiger partial charge is 0.410 e. The lowest BCUT2D eigenvalue weighted by atomic mass is 9.88. The van der Waals surface area contributed by atoms with E-state index in [4.69, 9.17) is 10.00 Å². The summed E-state index contributed by atoms with van der Waals surface area (Å²) in [6, 6.07) is 2.29. The Balaban J connectivity index is 4.28. The minimum atomic E-state index is -0.475. The maximum Gasteiger partial charge on any atom is 0.410 e. The normalized spacial score (nSPS) is 12.1. The molecule has 0 spiro atoms. The number of nitrogens with one attached hydrogen (secondary N) is 1. The van der Waals surface area contributed by atoms with Gasteiger partial charge in [0, 0.05) is 32.1 Å². The van der Waals surface area contributed by atoms with Crippen molar-refractivity contribution in [2.24, 2.45) is 5.41 Å². The minimum Gasteiger partial charge on any atom is -0.444 e. The van der Waals surface area contributed by atoms with Gasteiger partial charge in [-0.1, -0.05) is 13.8 Å². The van der Waals surface area contributed by atoms with Crippen LogP contribution in [0.3, 0.4) is 0 Å². The first-order chi connectivity index (χ1) is 9.98. The average molecular weight is 311 g/mol. The first-order valence-corrected chi connectivity index (χ1v) is 8.06. The molecule has 0 aliphatic rings. The molecule has 0 aromatic rings. The van der Waals surface area contributed by atoms with Crippen LogP contribution in [0.15, 0.2) is 0 Å². The zero-order valence-corrected chi connectivity index (χ0v) is 15.3. The van der Waals surface area contributed by atoms with Gasteiger partial charge in [-0.05, 0) is 46.5 Å². The van der Waals surface area contributed by atoms with Gasteiger partial charge in [-0.3, -0.25) is 0 Å². The maximum absolute atomic E-state index is 12.2. The lowest BCUT2D eigenvalue weighted by molar-refractivity contribution is 0.0193. The van der Waals surface area contributed by atoms with Gasteiger partial charge in [0.1, 0.15) is 5.60 Å². The van der Waals surface area contributed by atoms with Crippen LogP contribution < -0.4 is 5.32 Å². The van der Waals surface area contributed by atoms with E-state index in [9.17, 15) is 4.79 Å². The van der Waals surface area contributed by atoms with Crippen LogP contribution in [-0.2, 0) is 4.74 Å². The second kappa shape index (κ2) is 8.99. The molecule has 0 radical (unpaired) electrons. The molecular weight excluding hydrogens is 278 g/mol. The van der Waals surface area contributed by atoms with E-state index in [0.29, 0.717) is 19.5 Å². The number of hydrogen-bond acceptors (Lipinski definition) is 4. The van der Waals surface area contributed by atoms with Gasteiger partial charge in [0.25, 0.3) is 0 Å². The predicted octanol–water partition coefficient (Wildman–Crippen LogP) is 3.55. The highest BCUT2D eigenvalue weighted by Gasteiger charge is 2.24. The number of rotatable bonds is 8. The van der Waals surface area contributed by atoms with Crippen LogP contribution in [0.5, 0.6) is 0 Å². The van der Waals surface area contributed by atoms with Crippen LogP contribution in [-0.4, -0.2) is 42.3 Å². The summed E-state index contributed by atoms with van der Waals surface area (Å²) >= 11 is 0. The van der Waals surface area contributed by atoms with Crippen LogP contribution in [0, 0.1) is 16.7 Å². The van der Waals surface area contributed by atoms with E-state index in [1.807, 2.05) is 34.6 Å². The summed E-state index contributed by atoms with van der Waals surface area (Å²) in [7, 11) is 0. The molecule has 5 heteroatoms. The second-order valence-electron chi connectivity index (χ2n) is 7.77. The molecule has 0 aliphatic heterocycles. The van der Waals surface area contributed by atoms with Crippen LogP contribution in [0.25, 0.3) is 0 Å². The highest BCUT2D eigenvalue weighted by molar-refractivity contribution is 5.68. The number of nitriles is 1. The topological polar surface area (TPSA) is 65.4 Å². The highest BCUT2D eigenvalue weighted by atomic mass is 16.6. The van der Waals surface area contributed by atoms with E-state index in [1.165, 1.54) is 0 Å². The quantitative estimate of drug-likeness (QED) is 0.696. The Hall–Kier alpha value is -1.28. The van der Waals surface area contributed by atoms with E-state index in [2.05, 4.69) is 25.2 Å².